The van der Waals surface area contributed by atoms with Crippen LogP contribution in [0.4, 0.5) is 0 Å². The number of H-pyrrole nitrogens is 1. The molecule has 1 aliphatic rings. The number of guanidine groups is 1. The topological polar surface area (TPSA) is 65.5 Å². The summed E-state index contributed by atoms with van der Waals surface area (Å²) in [5.41, 5.74) is 3.63. The Hall–Kier alpha value is -2.60. The lowest BCUT2D eigenvalue weighted by Crippen LogP contribution is -2.39. The van der Waals surface area contributed by atoms with E-state index in [2.05, 4.69) is 43.4 Å². The molecule has 138 valence electrons. The first-order chi connectivity index (χ1) is 12.8. The van der Waals surface area contributed by atoms with Crippen LogP contribution in [0.15, 0.2) is 53.2 Å². The van der Waals surface area contributed by atoms with Crippen LogP contribution in [0, 0.1) is 0 Å². The summed E-state index contributed by atoms with van der Waals surface area (Å²) in [7, 11) is 3.83. The molecule has 0 radical (unpaired) electrons. The van der Waals surface area contributed by atoms with Crippen molar-refractivity contribution in [2.24, 2.45) is 4.99 Å². The number of aliphatic imine (C=N–C) groups is 1. The number of benzene rings is 1. The number of nitrogens with one attached hydrogen (secondary N) is 2. The van der Waals surface area contributed by atoms with Crippen LogP contribution in [0.5, 0.6) is 0 Å². The number of ether oxygens (including phenoxy) is 1. The Labute approximate surface area is 155 Å². The molecular weight excluding hydrogens is 326 g/mol. The number of rotatable bonds is 6. The largest absolute Gasteiger partial charge is 0.377 e. The minimum Gasteiger partial charge on any atom is -0.377 e. The van der Waals surface area contributed by atoms with Gasteiger partial charge in [0.1, 0.15) is 5.82 Å². The molecule has 0 bridgehead atoms. The predicted octanol–water partition coefficient (Wildman–Crippen LogP) is 2.82. The predicted molar refractivity (Wildman–Crippen MR) is 105 cm³/mol. The van der Waals surface area contributed by atoms with E-state index in [1.807, 2.05) is 38.5 Å². The Morgan fingerprint density at radius 1 is 1.35 bits per heavy atom. The lowest BCUT2D eigenvalue weighted by atomic mass is 10.1. The van der Waals surface area contributed by atoms with Crippen LogP contribution in [0.3, 0.4) is 0 Å². The minimum atomic E-state index is 0.670. The quantitative estimate of drug-likeness (QED) is 0.476. The van der Waals surface area contributed by atoms with Gasteiger partial charge in [-0.1, -0.05) is 42.0 Å². The Morgan fingerprint density at radius 2 is 2.19 bits per heavy atom. The molecule has 1 aromatic carbocycles. The number of imidazole rings is 1. The first-order valence-electron chi connectivity index (χ1n) is 9.03. The van der Waals surface area contributed by atoms with Crippen molar-refractivity contribution in [1.29, 1.82) is 0 Å². The Morgan fingerprint density at radius 3 is 2.92 bits per heavy atom. The number of aromatic amines is 1. The summed E-state index contributed by atoms with van der Waals surface area (Å²) in [4.78, 5) is 14.3. The van der Waals surface area contributed by atoms with E-state index in [1.165, 1.54) is 5.57 Å². The number of nitrogens with zero attached hydrogens (tertiary/aromatic N) is 3. The molecule has 1 aromatic heterocycles. The highest BCUT2D eigenvalue weighted by molar-refractivity contribution is 5.79. The van der Waals surface area contributed by atoms with E-state index in [1.54, 1.807) is 0 Å². The first kappa shape index (κ1) is 18.2. The van der Waals surface area contributed by atoms with Crippen LogP contribution in [-0.2, 0) is 11.3 Å². The lowest BCUT2D eigenvalue weighted by molar-refractivity contribution is 0.153. The number of hydrogen-bond donors (Lipinski definition) is 2. The molecule has 0 unspecified atom stereocenters. The van der Waals surface area contributed by atoms with E-state index >= 15 is 0 Å². The molecule has 2 N–H and O–H groups in total. The standard InChI is InChI=1S/C20H27N5O/c1-21-20(22-11-8-16-9-12-26-13-10-16)25(2)15-19-23-14-18(24-19)17-6-4-3-5-7-17/h3-7,9,14H,8,10-13,15H2,1-2H3,(H,21,22)(H,23,24). The van der Waals surface area contributed by atoms with Crippen LogP contribution in [0.25, 0.3) is 11.3 Å². The Bertz CT molecular complexity index is 751. The lowest BCUT2D eigenvalue weighted by Gasteiger charge is -2.22. The van der Waals surface area contributed by atoms with Gasteiger partial charge in [0.25, 0.3) is 0 Å². The fourth-order valence-electron chi connectivity index (χ4n) is 3.02. The fraction of sp³-hybridized carbons (Fsp3) is 0.400. The summed E-state index contributed by atoms with van der Waals surface area (Å²) in [6.07, 6.45) is 6.12. The maximum Gasteiger partial charge on any atom is 0.193 e. The highest BCUT2D eigenvalue weighted by Gasteiger charge is 2.10. The third-order valence-corrected chi connectivity index (χ3v) is 4.46. The summed E-state index contributed by atoms with van der Waals surface area (Å²) < 4.78 is 5.35. The molecule has 0 amide bonds. The maximum atomic E-state index is 5.35. The zero-order chi connectivity index (χ0) is 18.2. The molecule has 2 aromatic rings. The van der Waals surface area contributed by atoms with Gasteiger partial charge >= 0.3 is 0 Å². The smallest absolute Gasteiger partial charge is 0.193 e. The van der Waals surface area contributed by atoms with E-state index in [4.69, 9.17) is 4.74 Å². The zero-order valence-electron chi connectivity index (χ0n) is 15.5. The molecule has 0 spiro atoms. The molecule has 1 aliphatic heterocycles. The van der Waals surface area contributed by atoms with Gasteiger partial charge in [0.05, 0.1) is 31.6 Å². The van der Waals surface area contributed by atoms with Crippen molar-refractivity contribution in [2.75, 3.05) is 33.9 Å². The normalized spacial score (nSPS) is 14.8. The van der Waals surface area contributed by atoms with Crippen LogP contribution in [0.1, 0.15) is 18.7 Å². The zero-order valence-corrected chi connectivity index (χ0v) is 15.5. The van der Waals surface area contributed by atoms with Crippen molar-refractivity contribution >= 4 is 5.96 Å². The summed E-state index contributed by atoms with van der Waals surface area (Å²) in [5, 5.41) is 3.43. The molecule has 0 aliphatic carbocycles. The van der Waals surface area contributed by atoms with Crippen LogP contribution >= 0.6 is 0 Å². The molecule has 3 rings (SSSR count). The highest BCUT2D eigenvalue weighted by Crippen LogP contribution is 2.16. The van der Waals surface area contributed by atoms with Crippen molar-refractivity contribution in [3.8, 4) is 11.3 Å². The van der Waals surface area contributed by atoms with Crippen LogP contribution in [-0.4, -0.2) is 54.7 Å². The summed E-state index contributed by atoms with van der Waals surface area (Å²) in [5.74, 6) is 1.79. The average Bonchev–Trinajstić information content (AvgIpc) is 3.15. The van der Waals surface area contributed by atoms with Gasteiger partial charge in [0.2, 0.25) is 0 Å². The van der Waals surface area contributed by atoms with Crippen molar-refractivity contribution in [1.82, 2.24) is 20.2 Å². The van der Waals surface area contributed by atoms with E-state index in [0.717, 1.165) is 55.6 Å². The van der Waals surface area contributed by atoms with Gasteiger partial charge in [-0.3, -0.25) is 4.99 Å². The third kappa shape index (κ3) is 4.95. The van der Waals surface area contributed by atoms with Crippen LogP contribution < -0.4 is 5.32 Å². The first-order valence-corrected chi connectivity index (χ1v) is 9.03. The maximum absolute atomic E-state index is 5.35. The summed E-state index contributed by atoms with van der Waals surface area (Å²) in [6.45, 7) is 3.12. The van der Waals surface area contributed by atoms with E-state index < -0.39 is 0 Å². The molecule has 0 fully saturated rings. The van der Waals surface area contributed by atoms with Gasteiger partial charge in [0, 0.05) is 20.6 Å². The Balaban J connectivity index is 1.52. The SMILES string of the molecule is CN=C(NCCC1=CCOCC1)N(C)Cc1ncc(-c2ccccc2)[nH]1. The van der Waals surface area contributed by atoms with Crippen molar-refractivity contribution in [2.45, 2.75) is 19.4 Å². The highest BCUT2D eigenvalue weighted by atomic mass is 16.5. The summed E-state index contributed by atoms with van der Waals surface area (Å²) >= 11 is 0. The molecule has 26 heavy (non-hydrogen) atoms. The van der Waals surface area contributed by atoms with E-state index in [9.17, 15) is 0 Å². The molecule has 0 saturated carbocycles. The minimum absolute atomic E-state index is 0.670. The summed E-state index contributed by atoms with van der Waals surface area (Å²) in [6, 6.07) is 10.2. The van der Waals surface area contributed by atoms with Crippen molar-refractivity contribution < 1.29 is 4.74 Å². The molecule has 6 nitrogen and oxygen atoms in total. The van der Waals surface area contributed by atoms with Gasteiger partial charge in [-0.15, -0.1) is 0 Å². The molecule has 0 atom stereocenters. The fourth-order valence-corrected chi connectivity index (χ4v) is 3.02. The van der Waals surface area contributed by atoms with Gasteiger partial charge in [-0.25, -0.2) is 4.98 Å². The molecular formula is C20H27N5O. The average molecular weight is 353 g/mol. The molecule has 0 saturated heterocycles. The van der Waals surface area contributed by atoms with Gasteiger partial charge in [0.15, 0.2) is 5.96 Å². The van der Waals surface area contributed by atoms with Crippen molar-refractivity contribution in [3.63, 3.8) is 0 Å². The Kier molecular flexibility index (Phi) is 6.44. The third-order valence-electron chi connectivity index (χ3n) is 4.46. The van der Waals surface area contributed by atoms with Gasteiger partial charge in [-0.2, -0.15) is 0 Å². The van der Waals surface area contributed by atoms with Crippen LogP contribution in [0.2, 0.25) is 0 Å². The second kappa shape index (κ2) is 9.20. The number of aromatic nitrogens is 2. The monoisotopic (exact) mass is 353 g/mol. The van der Waals surface area contributed by atoms with Gasteiger partial charge < -0.3 is 19.9 Å². The van der Waals surface area contributed by atoms with Gasteiger partial charge in [-0.05, 0) is 18.4 Å². The molecule has 2 heterocycles. The van der Waals surface area contributed by atoms with Crippen molar-refractivity contribution in [3.05, 3.63) is 54.0 Å². The van der Waals surface area contributed by atoms with E-state index in [0.29, 0.717) is 6.54 Å². The second-order valence-corrected chi connectivity index (χ2v) is 6.38. The number of hydrogen-bond acceptors (Lipinski definition) is 3. The second-order valence-electron chi connectivity index (χ2n) is 6.38. The van der Waals surface area contributed by atoms with E-state index in [-0.39, 0.29) is 0 Å². The molecule has 6 heteroatoms.